The Bertz CT molecular complexity index is 348. The topological polar surface area (TPSA) is 64.9 Å². The fourth-order valence-electron chi connectivity index (χ4n) is 1.36. The number of rotatable bonds is 3. The van der Waals surface area contributed by atoms with Crippen LogP contribution in [0.3, 0.4) is 0 Å². The lowest BCUT2D eigenvalue weighted by atomic mass is 9.94. The SMILES string of the molecule is CC(C)(CN)c1nc(C2CSCCS2)no1. The predicted octanol–water partition coefficient (Wildman–Crippen LogP) is 1.83. The van der Waals surface area contributed by atoms with E-state index in [1.807, 2.05) is 37.4 Å². The van der Waals surface area contributed by atoms with Crippen LogP contribution in [-0.4, -0.2) is 33.9 Å². The first kappa shape index (κ1) is 12.3. The number of aromatic nitrogens is 2. The van der Waals surface area contributed by atoms with Gasteiger partial charge in [0.1, 0.15) is 0 Å². The molecule has 1 unspecified atom stereocenters. The van der Waals surface area contributed by atoms with Crippen LogP contribution in [0.15, 0.2) is 4.52 Å². The molecule has 2 N–H and O–H groups in total. The van der Waals surface area contributed by atoms with Crippen molar-refractivity contribution in [2.45, 2.75) is 24.5 Å². The molecule has 0 aliphatic carbocycles. The molecule has 6 heteroatoms. The molecule has 1 aromatic heterocycles. The van der Waals surface area contributed by atoms with E-state index in [0.29, 0.717) is 17.7 Å². The Morgan fingerprint density at radius 1 is 1.50 bits per heavy atom. The molecule has 2 rings (SSSR count). The van der Waals surface area contributed by atoms with E-state index < -0.39 is 0 Å². The molecule has 0 spiro atoms. The standard InChI is InChI=1S/C10H17N3OS2/c1-10(2,6-11)9-12-8(13-14-9)7-5-15-3-4-16-7/h7H,3-6,11H2,1-2H3. The molecule has 1 aliphatic heterocycles. The van der Waals surface area contributed by atoms with Gasteiger partial charge in [-0.05, 0) is 13.8 Å². The summed E-state index contributed by atoms with van der Waals surface area (Å²) in [4.78, 5) is 4.48. The van der Waals surface area contributed by atoms with E-state index in [2.05, 4.69) is 10.1 Å². The molecule has 1 aromatic rings. The second-order valence-electron chi connectivity index (χ2n) is 4.48. The molecule has 90 valence electrons. The smallest absolute Gasteiger partial charge is 0.233 e. The fourth-order valence-corrected chi connectivity index (χ4v) is 3.95. The van der Waals surface area contributed by atoms with Crippen LogP contribution in [0.2, 0.25) is 0 Å². The molecule has 0 saturated carbocycles. The van der Waals surface area contributed by atoms with Gasteiger partial charge in [-0.2, -0.15) is 16.7 Å². The highest BCUT2D eigenvalue weighted by atomic mass is 32.2. The van der Waals surface area contributed by atoms with Crippen molar-refractivity contribution in [3.8, 4) is 0 Å². The lowest BCUT2D eigenvalue weighted by Gasteiger charge is -2.18. The minimum atomic E-state index is -0.224. The first-order chi connectivity index (χ1) is 7.63. The van der Waals surface area contributed by atoms with E-state index in [0.717, 1.165) is 11.6 Å². The molecule has 16 heavy (non-hydrogen) atoms. The molecular formula is C10H17N3OS2. The zero-order valence-electron chi connectivity index (χ0n) is 9.60. The summed E-state index contributed by atoms with van der Waals surface area (Å²) in [5.74, 6) is 4.95. The minimum Gasteiger partial charge on any atom is -0.339 e. The molecule has 1 fully saturated rings. The van der Waals surface area contributed by atoms with Gasteiger partial charge >= 0.3 is 0 Å². The summed E-state index contributed by atoms with van der Waals surface area (Å²) in [5, 5.41) is 4.46. The van der Waals surface area contributed by atoms with Crippen molar-refractivity contribution >= 4 is 23.5 Å². The van der Waals surface area contributed by atoms with Crippen molar-refractivity contribution in [1.82, 2.24) is 10.1 Å². The van der Waals surface area contributed by atoms with Gasteiger partial charge in [0.05, 0.1) is 10.7 Å². The molecule has 4 nitrogen and oxygen atoms in total. The maximum absolute atomic E-state index is 5.69. The molecule has 1 atom stereocenters. The lowest BCUT2D eigenvalue weighted by molar-refractivity contribution is 0.309. The number of nitrogens with two attached hydrogens (primary N) is 1. The second kappa shape index (κ2) is 4.98. The Labute approximate surface area is 104 Å². The number of hydrogen-bond donors (Lipinski definition) is 1. The Morgan fingerprint density at radius 2 is 2.31 bits per heavy atom. The van der Waals surface area contributed by atoms with Gasteiger partial charge in [-0.25, -0.2) is 0 Å². The van der Waals surface area contributed by atoms with Crippen LogP contribution in [0.4, 0.5) is 0 Å². The van der Waals surface area contributed by atoms with Gasteiger partial charge in [-0.15, -0.1) is 11.8 Å². The zero-order chi connectivity index (χ0) is 11.6. The number of nitrogens with zero attached hydrogens (tertiary/aromatic N) is 2. The molecule has 0 radical (unpaired) electrons. The summed E-state index contributed by atoms with van der Waals surface area (Å²) in [5.41, 5.74) is 5.46. The predicted molar refractivity (Wildman–Crippen MR) is 68.9 cm³/mol. The van der Waals surface area contributed by atoms with E-state index in [4.69, 9.17) is 10.3 Å². The Balaban J connectivity index is 2.12. The molecule has 1 aliphatic rings. The van der Waals surface area contributed by atoms with Crippen LogP contribution < -0.4 is 5.73 Å². The highest BCUT2D eigenvalue weighted by Crippen LogP contribution is 2.35. The van der Waals surface area contributed by atoms with E-state index >= 15 is 0 Å². The molecule has 1 saturated heterocycles. The summed E-state index contributed by atoms with van der Waals surface area (Å²) in [6.45, 7) is 4.56. The third-order valence-corrected chi connectivity index (χ3v) is 5.39. The van der Waals surface area contributed by atoms with Crippen molar-refractivity contribution in [1.29, 1.82) is 0 Å². The monoisotopic (exact) mass is 259 g/mol. The van der Waals surface area contributed by atoms with E-state index in [-0.39, 0.29) is 5.41 Å². The molecule has 0 amide bonds. The zero-order valence-corrected chi connectivity index (χ0v) is 11.2. The van der Waals surface area contributed by atoms with Crippen LogP contribution in [0.5, 0.6) is 0 Å². The minimum absolute atomic E-state index is 0.224. The average molecular weight is 259 g/mol. The molecule has 0 bridgehead atoms. The van der Waals surface area contributed by atoms with Crippen molar-refractivity contribution in [3.63, 3.8) is 0 Å². The summed E-state index contributed by atoms with van der Waals surface area (Å²) < 4.78 is 5.31. The van der Waals surface area contributed by atoms with Crippen LogP contribution in [0, 0.1) is 0 Å². The van der Waals surface area contributed by atoms with Gasteiger partial charge < -0.3 is 10.3 Å². The highest BCUT2D eigenvalue weighted by molar-refractivity contribution is 8.06. The van der Waals surface area contributed by atoms with Crippen LogP contribution in [-0.2, 0) is 5.41 Å². The molecule has 2 heterocycles. The van der Waals surface area contributed by atoms with E-state index in [1.165, 1.54) is 11.5 Å². The fraction of sp³-hybridized carbons (Fsp3) is 0.800. The van der Waals surface area contributed by atoms with Crippen molar-refractivity contribution in [3.05, 3.63) is 11.7 Å². The maximum atomic E-state index is 5.69. The van der Waals surface area contributed by atoms with Crippen LogP contribution in [0.25, 0.3) is 0 Å². The van der Waals surface area contributed by atoms with Crippen LogP contribution >= 0.6 is 23.5 Å². The van der Waals surface area contributed by atoms with E-state index in [9.17, 15) is 0 Å². The first-order valence-electron chi connectivity index (χ1n) is 5.37. The van der Waals surface area contributed by atoms with Gasteiger partial charge in [-0.1, -0.05) is 5.16 Å². The lowest BCUT2D eigenvalue weighted by Crippen LogP contribution is -2.28. The van der Waals surface area contributed by atoms with Gasteiger partial charge in [0, 0.05) is 23.8 Å². The first-order valence-corrected chi connectivity index (χ1v) is 7.57. The van der Waals surface area contributed by atoms with E-state index in [1.54, 1.807) is 0 Å². The van der Waals surface area contributed by atoms with Crippen LogP contribution in [0.1, 0.15) is 30.8 Å². The average Bonchev–Trinajstić information content (AvgIpc) is 2.80. The summed E-state index contributed by atoms with van der Waals surface area (Å²) >= 11 is 3.86. The summed E-state index contributed by atoms with van der Waals surface area (Å²) in [6.07, 6.45) is 0. The normalized spacial score (nSPS) is 22.3. The highest BCUT2D eigenvalue weighted by Gasteiger charge is 2.28. The third kappa shape index (κ3) is 2.55. The Hall–Kier alpha value is -0.200. The third-order valence-electron chi connectivity index (χ3n) is 2.63. The Kier molecular flexibility index (Phi) is 3.81. The van der Waals surface area contributed by atoms with Gasteiger partial charge in [0.2, 0.25) is 5.89 Å². The maximum Gasteiger partial charge on any atom is 0.233 e. The van der Waals surface area contributed by atoms with Gasteiger partial charge in [-0.3, -0.25) is 0 Å². The summed E-state index contributed by atoms with van der Waals surface area (Å²) in [6, 6.07) is 0. The largest absolute Gasteiger partial charge is 0.339 e. The summed E-state index contributed by atoms with van der Waals surface area (Å²) in [7, 11) is 0. The van der Waals surface area contributed by atoms with Crippen molar-refractivity contribution in [2.75, 3.05) is 23.8 Å². The molecule has 0 aromatic carbocycles. The number of thioether (sulfide) groups is 2. The van der Waals surface area contributed by atoms with Gasteiger partial charge in [0.25, 0.3) is 0 Å². The quantitative estimate of drug-likeness (QED) is 0.893. The number of hydrogen-bond acceptors (Lipinski definition) is 6. The second-order valence-corrected chi connectivity index (χ2v) is 6.94. The Morgan fingerprint density at radius 3 is 2.94 bits per heavy atom. The van der Waals surface area contributed by atoms with Crippen molar-refractivity contribution < 1.29 is 4.52 Å². The van der Waals surface area contributed by atoms with Gasteiger partial charge in [0.15, 0.2) is 5.82 Å². The molecular weight excluding hydrogens is 242 g/mol. The van der Waals surface area contributed by atoms with Crippen molar-refractivity contribution in [2.24, 2.45) is 5.73 Å².